The molecule has 7 nitrogen and oxygen atoms in total. The average molecular weight is 482 g/mol. The van der Waals surface area contributed by atoms with E-state index in [4.69, 9.17) is 0 Å². The summed E-state index contributed by atoms with van der Waals surface area (Å²) in [5, 5.41) is 16.4. The summed E-state index contributed by atoms with van der Waals surface area (Å²) in [5.41, 5.74) is 0. The number of hydrogen-bond donors (Lipinski definition) is 3. The topological polar surface area (TPSA) is 98.7 Å². The van der Waals surface area contributed by atoms with Gasteiger partial charge in [0.25, 0.3) is 0 Å². The third kappa shape index (κ3) is 4.66. The van der Waals surface area contributed by atoms with Crippen LogP contribution in [0.3, 0.4) is 0 Å². The minimum absolute atomic E-state index is 0.0565. The number of carbonyl (C=O) groups excluding carboxylic acids is 3. The maximum absolute atomic E-state index is 14.0. The molecule has 0 radical (unpaired) electrons. The van der Waals surface area contributed by atoms with E-state index in [0.717, 1.165) is 32.1 Å². The van der Waals surface area contributed by atoms with Gasteiger partial charge in [-0.05, 0) is 37.5 Å². The van der Waals surface area contributed by atoms with E-state index in [1.165, 1.54) is 0 Å². The van der Waals surface area contributed by atoms with Gasteiger partial charge in [-0.25, -0.2) is 0 Å². The van der Waals surface area contributed by atoms with Crippen molar-refractivity contribution in [2.75, 3.05) is 19.7 Å². The highest BCUT2D eigenvalue weighted by molar-refractivity contribution is 8.02. The van der Waals surface area contributed by atoms with Gasteiger partial charge in [-0.1, -0.05) is 47.5 Å². The van der Waals surface area contributed by atoms with E-state index < -0.39 is 28.7 Å². The molecule has 2 bridgehead atoms. The number of aliphatic hydroxyl groups is 1. The van der Waals surface area contributed by atoms with Gasteiger partial charge in [0.2, 0.25) is 17.7 Å². The molecule has 3 aliphatic heterocycles. The Kier molecular flexibility index (Phi) is 8.76. The number of fused-ring (bicyclic) bond motifs is 1. The van der Waals surface area contributed by atoms with Gasteiger partial charge in [0, 0.05) is 18.3 Å². The van der Waals surface area contributed by atoms with Gasteiger partial charge < -0.3 is 20.6 Å². The van der Waals surface area contributed by atoms with Gasteiger partial charge in [-0.15, -0.1) is 11.8 Å². The Hall–Kier alpha value is -1.28. The van der Waals surface area contributed by atoms with Crippen LogP contribution in [0.25, 0.3) is 0 Å². The molecule has 188 valence electrons. The van der Waals surface area contributed by atoms with Gasteiger partial charge in [0.05, 0.1) is 29.2 Å². The summed E-state index contributed by atoms with van der Waals surface area (Å²) in [7, 11) is 0. The Bertz CT molecular complexity index is 732. The number of likely N-dealkylation sites (tertiary alicyclic amines) is 1. The summed E-state index contributed by atoms with van der Waals surface area (Å²) in [6, 6.07) is -1.07. The van der Waals surface area contributed by atoms with Crippen LogP contribution < -0.4 is 10.6 Å². The monoisotopic (exact) mass is 481 g/mol. The van der Waals surface area contributed by atoms with Gasteiger partial charge in [-0.3, -0.25) is 14.4 Å². The predicted octanol–water partition coefficient (Wildman–Crippen LogP) is 2.56. The van der Waals surface area contributed by atoms with Crippen LogP contribution in [0.5, 0.6) is 0 Å². The number of aliphatic hydroxyl groups excluding tert-OH is 1. The number of hydrogen-bond acceptors (Lipinski definition) is 5. The molecule has 7 atom stereocenters. The Morgan fingerprint density at radius 3 is 2.45 bits per heavy atom. The van der Waals surface area contributed by atoms with E-state index in [1.54, 1.807) is 16.7 Å². The average Bonchev–Trinajstić information content (AvgIpc) is 3.37. The molecule has 3 unspecified atom stereocenters. The first-order chi connectivity index (χ1) is 15.7. The summed E-state index contributed by atoms with van der Waals surface area (Å²) < 4.78 is -0.616. The third-order valence-corrected chi connectivity index (χ3v) is 9.79. The van der Waals surface area contributed by atoms with Crippen molar-refractivity contribution in [3.63, 3.8) is 0 Å². The lowest BCUT2D eigenvalue weighted by Gasteiger charge is -2.40. The zero-order valence-electron chi connectivity index (χ0n) is 20.9. The summed E-state index contributed by atoms with van der Waals surface area (Å²) in [6.45, 7) is 11.4. The molecule has 0 aromatic heterocycles. The Morgan fingerprint density at radius 2 is 1.85 bits per heavy atom. The highest BCUT2D eigenvalue weighted by atomic mass is 32.2. The van der Waals surface area contributed by atoms with E-state index in [2.05, 4.69) is 38.3 Å². The normalized spacial score (nSPS) is 33.5. The van der Waals surface area contributed by atoms with Gasteiger partial charge in [0.1, 0.15) is 6.04 Å². The lowest BCUT2D eigenvalue weighted by molar-refractivity contribution is -0.143. The van der Waals surface area contributed by atoms with Gasteiger partial charge in [-0.2, -0.15) is 0 Å². The lowest BCUT2D eigenvalue weighted by atomic mass is 9.66. The minimum Gasteiger partial charge on any atom is -0.394 e. The Morgan fingerprint density at radius 1 is 1.15 bits per heavy atom. The van der Waals surface area contributed by atoms with Crippen LogP contribution in [0.2, 0.25) is 0 Å². The van der Waals surface area contributed by atoms with E-state index in [9.17, 15) is 19.5 Å². The predicted molar refractivity (Wildman–Crippen MR) is 132 cm³/mol. The molecule has 3 N–H and O–H groups in total. The molecule has 0 aliphatic carbocycles. The highest BCUT2D eigenvalue weighted by Crippen LogP contribution is 2.68. The molecule has 0 saturated carbocycles. The second kappa shape index (κ2) is 11.0. The van der Waals surface area contributed by atoms with Crippen molar-refractivity contribution in [2.24, 2.45) is 23.7 Å². The van der Waals surface area contributed by atoms with Crippen molar-refractivity contribution < 1.29 is 19.5 Å². The van der Waals surface area contributed by atoms with Crippen molar-refractivity contribution in [1.29, 1.82) is 0 Å². The summed E-state index contributed by atoms with van der Waals surface area (Å²) >= 11 is 1.70. The first-order valence-electron chi connectivity index (χ1n) is 12.9. The van der Waals surface area contributed by atoms with Crippen LogP contribution >= 0.6 is 11.8 Å². The summed E-state index contributed by atoms with van der Waals surface area (Å²) in [6.07, 6.45) is 5.31. The molecule has 33 heavy (non-hydrogen) atoms. The molecule has 1 spiro atoms. The first-order valence-corrected chi connectivity index (χ1v) is 13.8. The number of rotatable bonds is 12. The van der Waals surface area contributed by atoms with Crippen LogP contribution in [0.4, 0.5) is 0 Å². The second-order valence-corrected chi connectivity index (χ2v) is 12.1. The fourth-order valence-corrected chi connectivity index (χ4v) is 8.73. The second-order valence-electron chi connectivity index (χ2n) is 10.6. The molecule has 3 rings (SSSR count). The van der Waals surface area contributed by atoms with Crippen molar-refractivity contribution in [3.05, 3.63) is 0 Å². The molecule has 3 amide bonds. The standard InChI is InChI=1S/C25H43N3O4S/c1-6-8-9-11-27-23(31)21-25-16(5)13-18(33-25)19(22(30)26-10-7-2)20(25)24(32)28(21)17(14-29)12-15(3)4/h15-21,29H,6-14H2,1-5H3,(H,26,30)(H,27,31)/t16?,17-,18+,19-,20+,21?,25?/m1/s1. The largest absolute Gasteiger partial charge is 0.394 e. The highest BCUT2D eigenvalue weighted by Gasteiger charge is 2.76. The maximum Gasteiger partial charge on any atom is 0.244 e. The summed E-state index contributed by atoms with van der Waals surface area (Å²) in [5.74, 6) is -0.822. The first kappa shape index (κ1) is 26.3. The van der Waals surface area contributed by atoms with Crippen LogP contribution in [-0.2, 0) is 14.4 Å². The van der Waals surface area contributed by atoms with E-state index >= 15 is 0 Å². The minimum atomic E-state index is -0.651. The molecular formula is C25H43N3O4S. The molecule has 3 fully saturated rings. The van der Waals surface area contributed by atoms with E-state index in [0.29, 0.717) is 19.5 Å². The number of carbonyl (C=O) groups is 3. The Balaban J connectivity index is 1.99. The number of nitrogens with zero attached hydrogens (tertiary/aromatic N) is 1. The van der Waals surface area contributed by atoms with Crippen molar-refractivity contribution in [1.82, 2.24) is 15.5 Å². The van der Waals surface area contributed by atoms with Gasteiger partial charge >= 0.3 is 0 Å². The molecule has 3 saturated heterocycles. The molecule has 3 aliphatic rings. The maximum atomic E-state index is 14.0. The quantitative estimate of drug-likeness (QED) is 0.372. The Labute approximate surface area is 203 Å². The number of unbranched alkanes of at least 4 members (excludes halogenated alkanes) is 2. The number of thioether (sulfide) groups is 1. The van der Waals surface area contributed by atoms with Crippen LogP contribution in [0, 0.1) is 23.7 Å². The van der Waals surface area contributed by atoms with Gasteiger partial charge in [0.15, 0.2) is 0 Å². The van der Waals surface area contributed by atoms with Crippen molar-refractivity contribution >= 4 is 29.5 Å². The lowest BCUT2D eigenvalue weighted by Crippen LogP contribution is -2.58. The SMILES string of the molecule is CCCCCNC(=O)C1N([C@@H](CO)CC(C)C)C(=O)[C@@H]2[C@H](C(=O)NCCC)[C@@H]3CC(C)C12S3. The van der Waals surface area contributed by atoms with Crippen LogP contribution in [-0.4, -0.2) is 69.5 Å². The molecule has 3 heterocycles. The zero-order valence-corrected chi connectivity index (χ0v) is 21.7. The van der Waals surface area contributed by atoms with Crippen molar-refractivity contribution in [2.45, 2.75) is 95.2 Å². The smallest absolute Gasteiger partial charge is 0.244 e. The third-order valence-electron chi connectivity index (χ3n) is 7.71. The molecular weight excluding hydrogens is 438 g/mol. The van der Waals surface area contributed by atoms with Crippen LogP contribution in [0.15, 0.2) is 0 Å². The van der Waals surface area contributed by atoms with Crippen molar-refractivity contribution in [3.8, 4) is 0 Å². The molecule has 0 aromatic carbocycles. The molecule has 0 aromatic rings. The van der Waals surface area contributed by atoms with Crippen LogP contribution in [0.1, 0.15) is 73.1 Å². The fourth-order valence-electron chi connectivity index (χ4n) is 6.32. The number of nitrogens with one attached hydrogen (secondary N) is 2. The number of amides is 3. The molecule has 8 heteroatoms. The zero-order chi connectivity index (χ0) is 24.3. The van der Waals surface area contributed by atoms with E-state index in [1.807, 2.05) is 6.92 Å². The fraction of sp³-hybridized carbons (Fsp3) is 0.880. The summed E-state index contributed by atoms with van der Waals surface area (Å²) in [4.78, 5) is 42.6. The van der Waals surface area contributed by atoms with E-state index in [-0.39, 0.29) is 41.4 Å².